The third-order valence-electron chi connectivity index (χ3n) is 4.32. The van der Waals surface area contributed by atoms with Gasteiger partial charge in [0.15, 0.2) is 0 Å². The number of benzene rings is 2. The van der Waals surface area contributed by atoms with Crippen LogP contribution in [0.4, 0.5) is 39.5 Å². The molecule has 0 aromatic heterocycles. The van der Waals surface area contributed by atoms with Gasteiger partial charge in [-0.15, -0.1) is 0 Å². The van der Waals surface area contributed by atoms with Crippen LogP contribution < -0.4 is 5.73 Å². The van der Waals surface area contributed by atoms with Crippen LogP contribution in [0.15, 0.2) is 56.3 Å². The first kappa shape index (κ1) is 27.4. The summed E-state index contributed by atoms with van der Waals surface area (Å²) in [5.41, 5.74) is 1.16. The fourth-order valence-electron chi connectivity index (χ4n) is 2.78. The predicted molar refractivity (Wildman–Crippen MR) is 107 cm³/mol. The normalized spacial score (nSPS) is 13.6. The molecule has 0 unspecified atom stereocenters. The molecule has 2 aromatic carbocycles. The molecule has 15 heteroatoms. The molecular formula is C19H15BrF9N5. The lowest BCUT2D eigenvalue weighted by Gasteiger charge is -2.25. The lowest BCUT2D eigenvalue weighted by Crippen LogP contribution is -2.36. The van der Waals surface area contributed by atoms with E-state index in [4.69, 9.17) is 5.73 Å². The first-order valence-corrected chi connectivity index (χ1v) is 9.83. The topological polar surface area (TPSA) is 66.3 Å². The molecule has 0 amide bonds. The van der Waals surface area contributed by atoms with E-state index >= 15 is 0 Å². The van der Waals surface area contributed by atoms with Crippen LogP contribution in [0, 0.1) is 0 Å². The van der Waals surface area contributed by atoms with Gasteiger partial charge in [-0.1, -0.05) is 21.0 Å². The summed E-state index contributed by atoms with van der Waals surface area (Å²) in [5, 5.41) is 10.0. The summed E-state index contributed by atoms with van der Waals surface area (Å²) in [6.45, 7) is -1.12. The highest BCUT2D eigenvalue weighted by Crippen LogP contribution is 2.37. The second-order valence-corrected chi connectivity index (χ2v) is 7.68. The van der Waals surface area contributed by atoms with E-state index in [9.17, 15) is 39.5 Å². The van der Waals surface area contributed by atoms with Crippen molar-refractivity contribution >= 4 is 21.9 Å². The van der Waals surface area contributed by atoms with Crippen LogP contribution in [-0.4, -0.2) is 17.9 Å². The number of rotatable bonds is 5. The van der Waals surface area contributed by atoms with Gasteiger partial charge in [0.05, 0.1) is 23.7 Å². The van der Waals surface area contributed by atoms with Crippen LogP contribution in [-0.2, 0) is 31.6 Å². The van der Waals surface area contributed by atoms with Gasteiger partial charge >= 0.3 is 18.5 Å². The van der Waals surface area contributed by atoms with Crippen molar-refractivity contribution in [3.05, 3.63) is 68.7 Å². The molecule has 0 bridgehead atoms. The smallest absolute Gasteiger partial charge is 0.368 e. The van der Waals surface area contributed by atoms with Gasteiger partial charge < -0.3 is 10.6 Å². The molecule has 0 aliphatic rings. The number of hydrogen-bond donors (Lipinski definition) is 1. The minimum absolute atomic E-state index is 0.00978. The lowest BCUT2D eigenvalue weighted by molar-refractivity contribution is -0.143. The molecule has 2 rings (SSSR count). The van der Waals surface area contributed by atoms with Gasteiger partial charge in [0.25, 0.3) is 0 Å². The molecule has 34 heavy (non-hydrogen) atoms. The minimum atomic E-state index is -5.08. The Bertz CT molecular complexity index is 1040. The number of hydrogen-bond acceptors (Lipinski definition) is 2. The highest BCUT2D eigenvalue weighted by molar-refractivity contribution is 9.10. The monoisotopic (exact) mass is 563 g/mol. The summed E-state index contributed by atoms with van der Waals surface area (Å²) in [6.07, 6.45) is -14.9. The summed E-state index contributed by atoms with van der Waals surface area (Å²) in [6, 6.07) is 3.58. The average Bonchev–Trinajstić information content (AvgIpc) is 2.70. The van der Waals surface area contributed by atoms with E-state index in [0.717, 1.165) is 23.1 Å². The van der Waals surface area contributed by atoms with Crippen molar-refractivity contribution in [2.45, 2.75) is 31.6 Å². The Hall–Kier alpha value is -2.84. The SMILES string of the molecule is CN=NN=C(N)N(Cc1cc(C(F)(F)F)cc(C(F)(F)F)c1)Cc1cc(C(F)(F)F)ccc1Br. The standard InChI is InChI=1S/C19H15BrF9N5/c1-31-33-32-16(30)34(9-11-6-12(17(21,22)23)2-3-15(11)20)8-10-4-13(18(24,25)26)7-14(5-10)19(27,28)29/h2-7H,8-9H2,1H3,(H2,30,31,32). The molecule has 0 aliphatic heterocycles. The summed E-state index contributed by atoms with van der Waals surface area (Å²) in [7, 11) is 1.22. The third kappa shape index (κ3) is 7.33. The first-order chi connectivity index (χ1) is 15.5. The zero-order valence-corrected chi connectivity index (χ0v) is 18.6. The Morgan fingerprint density at radius 1 is 0.824 bits per heavy atom. The highest BCUT2D eigenvalue weighted by atomic mass is 79.9. The van der Waals surface area contributed by atoms with Crippen molar-refractivity contribution in [1.29, 1.82) is 0 Å². The first-order valence-electron chi connectivity index (χ1n) is 9.03. The summed E-state index contributed by atoms with van der Waals surface area (Å²) in [5.74, 6) is -0.499. The Morgan fingerprint density at radius 2 is 1.35 bits per heavy atom. The van der Waals surface area contributed by atoms with Crippen molar-refractivity contribution < 1.29 is 39.5 Å². The van der Waals surface area contributed by atoms with E-state index in [1.165, 1.54) is 7.05 Å². The maximum Gasteiger partial charge on any atom is 0.416 e. The van der Waals surface area contributed by atoms with Crippen LogP contribution in [0.25, 0.3) is 0 Å². The van der Waals surface area contributed by atoms with Crippen LogP contribution in [0.3, 0.4) is 0 Å². The van der Waals surface area contributed by atoms with Gasteiger partial charge in [-0.3, -0.25) is 0 Å². The Morgan fingerprint density at radius 3 is 1.82 bits per heavy atom. The molecule has 2 aromatic rings. The van der Waals surface area contributed by atoms with Gasteiger partial charge in [-0.25, -0.2) is 0 Å². The maximum atomic E-state index is 13.2. The summed E-state index contributed by atoms with van der Waals surface area (Å²) >= 11 is 3.07. The van der Waals surface area contributed by atoms with Crippen molar-refractivity contribution in [3.8, 4) is 0 Å². The second kappa shape index (κ2) is 10.2. The quantitative estimate of drug-likeness (QED) is 0.143. The molecule has 0 radical (unpaired) electrons. The summed E-state index contributed by atoms with van der Waals surface area (Å²) < 4.78 is 119. The zero-order valence-electron chi connectivity index (χ0n) is 17.0. The largest absolute Gasteiger partial charge is 0.416 e. The molecular weight excluding hydrogens is 549 g/mol. The van der Waals surface area contributed by atoms with E-state index in [1.54, 1.807) is 0 Å². The molecule has 2 N–H and O–H groups in total. The van der Waals surface area contributed by atoms with Gasteiger partial charge in [0, 0.05) is 17.6 Å². The number of nitrogens with two attached hydrogens (primary N) is 1. The molecule has 0 aliphatic carbocycles. The van der Waals surface area contributed by atoms with E-state index in [-0.39, 0.29) is 16.1 Å². The fraction of sp³-hybridized carbons (Fsp3) is 0.316. The van der Waals surface area contributed by atoms with E-state index in [2.05, 4.69) is 31.4 Å². The van der Waals surface area contributed by atoms with E-state index < -0.39 is 59.8 Å². The number of guanidine groups is 1. The maximum absolute atomic E-state index is 13.2. The molecule has 0 saturated heterocycles. The van der Waals surface area contributed by atoms with Gasteiger partial charge in [-0.2, -0.15) is 44.6 Å². The Balaban J connectivity index is 2.56. The average molecular weight is 564 g/mol. The molecule has 5 nitrogen and oxygen atoms in total. The number of nitrogens with zero attached hydrogens (tertiary/aromatic N) is 4. The third-order valence-corrected chi connectivity index (χ3v) is 5.09. The van der Waals surface area contributed by atoms with Crippen molar-refractivity contribution in [2.24, 2.45) is 21.2 Å². The van der Waals surface area contributed by atoms with Crippen LogP contribution in [0.1, 0.15) is 27.8 Å². The van der Waals surface area contributed by atoms with Gasteiger partial charge in [0.2, 0.25) is 5.96 Å². The number of alkyl halides is 9. The van der Waals surface area contributed by atoms with Crippen molar-refractivity contribution in [1.82, 2.24) is 4.90 Å². The number of halogens is 10. The lowest BCUT2D eigenvalue weighted by atomic mass is 10.0. The van der Waals surface area contributed by atoms with Crippen LogP contribution >= 0.6 is 15.9 Å². The Labute approximate surface area is 195 Å². The minimum Gasteiger partial charge on any atom is -0.368 e. The molecule has 0 spiro atoms. The molecule has 0 saturated carbocycles. The molecule has 0 atom stereocenters. The van der Waals surface area contributed by atoms with Crippen molar-refractivity contribution in [2.75, 3.05) is 7.05 Å². The second-order valence-electron chi connectivity index (χ2n) is 6.82. The van der Waals surface area contributed by atoms with E-state index in [0.29, 0.717) is 12.1 Å². The van der Waals surface area contributed by atoms with E-state index in [1.807, 2.05) is 0 Å². The highest BCUT2D eigenvalue weighted by Gasteiger charge is 2.37. The summed E-state index contributed by atoms with van der Waals surface area (Å²) in [4.78, 5) is 0.963. The van der Waals surface area contributed by atoms with Gasteiger partial charge in [-0.05, 0) is 52.7 Å². The van der Waals surface area contributed by atoms with Crippen LogP contribution in [0.2, 0.25) is 0 Å². The van der Waals surface area contributed by atoms with Crippen LogP contribution in [0.5, 0.6) is 0 Å². The predicted octanol–water partition coefficient (Wildman–Crippen LogP) is 6.82. The van der Waals surface area contributed by atoms with Gasteiger partial charge in [0.1, 0.15) is 0 Å². The van der Waals surface area contributed by atoms with Crippen molar-refractivity contribution in [3.63, 3.8) is 0 Å². The molecule has 0 heterocycles. The zero-order chi connectivity index (χ0) is 25.9. The Kier molecular flexibility index (Phi) is 8.22. The fourth-order valence-corrected chi connectivity index (χ4v) is 3.15. The molecule has 0 fully saturated rings. The molecule has 186 valence electrons.